The predicted molar refractivity (Wildman–Crippen MR) is 190 cm³/mol. The molecule has 270 valence electrons. The number of aliphatic carboxylic acids is 1. The van der Waals surface area contributed by atoms with Crippen molar-refractivity contribution < 1.29 is 33.9 Å². The van der Waals surface area contributed by atoms with Gasteiger partial charge in [0.25, 0.3) is 0 Å². The molecule has 0 unspecified atom stereocenters. The molecule has 1 aliphatic heterocycles. The molecule has 5 amide bonds. The van der Waals surface area contributed by atoms with E-state index >= 15 is 0 Å². The summed E-state index contributed by atoms with van der Waals surface area (Å²) in [5.74, 6) is -5.49. The first-order chi connectivity index (χ1) is 24.3. The summed E-state index contributed by atoms with van der Waals surface area (Å²) >= 11 is 0. The van der Waals surface area contributed by atoms with E-state index in [0.717, 1.165) is 21.8 Å². The molecule has 0 aliphatic carbocycles. The molecule has 14 heteroatoms. The van der Waals surface area contributed by atoms with Crippen LogP contribution in [0.4, 0.5) is 0 Å². The molecule has 4 aromatic rings. The van der Waals surface area contributed by atoms with Crippen molar-refractivity contribution in [1.82, 2.24) is 36.6 Å². The van der Waals surface area contributed by atoms with Crippen molar-refractivity contribution in [3.8, 4) is 0 Å². The standard InChI is InChI=1S/C37H45N7O7/c1-19(2)13-27-33(47)40-28(14-21-17-38-25-11-7-5-9-23(21)25)34(48)42-30(16-31(45)46)35(49)41-29(36(50)44-32(20(3)4)37(51)43-27)15-22-18-39-26-12-8-6-10-24(22)26/h5-12,17-20,27-30,32,38-39H,13-16H2,1-4H3,(H,40,47)(H,41,49)(H,42,48)(H,43,51)(H,44,50)(H,45,46)/t27-,28+,29-,30+,32+/m0/s1. The fourth-order valence-electron chi connectivity index (χ4n) is 6.41. The molecule has 1 saturated heterocycles. The largest absolute Gasteiger partial charge is 0.481 e. The summed E-state index contributed by atoms with van der Waals surface area (Å²) in [6.07, 6.45) is 2.84. The van der Waals surface area contributed by atoms with E-state index in [4.69, 9.17) is 0 Å². The van der Waals surface area contributed by atoms with Crippen LogP contribution in [0.15, 0.2) is 60.9 Å². The van der Waals surface area contributed by atoms with Gasteiger partial charge in [0, 0.05) is 47.0 Å². The fraction of sp³-hybridized carbons (Fsp3) is 0.405. The van der Waals surface area contributed by atoms with Gasteiger partial charge >= 0.3 is 5.97 Å². The van der Waals surface area contributed by atoms with E-state index in [1.807, 2.05) is 62.4 Å². The number of aromatic nitrogens is 2. The maximum atomic E-state index is 14.0. The topological polar surface area (TPSA) is 214 Å². The Kier molecular flexibility index (Phi) is 11.4. The number of para-hydroxylation sites is 2. The lowest BCUT2D eigenvalue weighted by Gasteiger charge is -2.28. The lowest BCUT2D eigenvalue weighted by Crippen LogP contribution is -2.59. The average molecular weight is 700 g/mol. The Labute approximate surface area is 294 Å². The molecule has 1 fully saturated rings. The number of carboxylic acid groups (broad SMARTS) is 1. The minimum absolute atomic E-state index is 0.0107. The van der Waals surface area contributed by atoms with Gasteiger partial charge < -0.3 is 41.7 Å². The molecule has 8 N–H and O–H groups in total. The molecule has 3 heterocycles. The highest BCUT2D eigenvalue weighted by atomic mass is 16.4. The third-order valence-electron chi connectivity index (χ3n) is 9.06. The fourth-order valence-corrected chi connectivity index (χ4v) is 6.41. The van der Waals surface area contributed by atoms with Gasteiger partial charge in [-0.25, -0.2) is 0 Å². The minimum atomic E-state index is -1.60. The lowest BCUT2D eigenvalue weighted by molar-refractivity contribution is -0.141. The van der Waals surface area contributed by atoms with E-state index in [-0.39, 0.29) is 25.2 Å². The van der Waals surface area contributed by atoms with Crippen LogP contribution in [0.25, 0.3) is 21.8 Å². The summed E-state index contributed by atoms with van der Waals surface area (Å²) in [5.41, 5.74) is 3.00. The number of hydrogen-bond donors (Lipinski definition) is 8. The summed E-state index contributed by atoms with van der Waals surface area (Å²) in [6.45, 7) is 7.25. The van der Waals surface area contributed by atoms with Crippen LogP contribution >= 0.6 is 0 Å². The molecule has 2 aromatic heterocycles. The Bertz CT molecular complexity index is 1930. The minimum Gasteiger partial charge on any atom is -0.481 e. The first-order valence-electron chi connectivity index (χ1n) is 17.1. The third-order valence-corrected chi connectivity index (χ3v) is 9.06. The molecule has 2 aromatic carbocycles. The normalized spacial score (nSPS) is 22.5. The van der Waals surface area contributed by atoms with Crippen LogP contribution in [-0.4, -0.2) is 80.8 Å². The molecule has 0 saturated carbocycles. The quantitative estimate of drug-likeness (QED) is 0.130. The Morgan fingerprint density at radius 3 is 1.53 bits per heavy atom. The van der Waals surface area contributed by atoms with E-state index in [1.165, 1.54) is 0 Å². The molecule has 51 heavy (non-hydrogen) atoms. The van der Waals surface area contributed by atoms with Crippen LogP contribution < -0.4 is 26.6 Å². The number of carbonyl (C=O) groups excluding carboxylic acids is 5. The summed E-state index contributed by atoms with van der Waals surface area (Å²) in [5, 5.41) is 24.9. The number of nitrogens with one attached hydrogen (secondary N) is 7. The molecule has 1 aliphatic rings. The maximum absolute atomic E-state index is 14.0. The van der Waals surface area contributed by atoms with Gasteiger partial charge in [0.1, 0.15) is 30.2 Å². The van der Waals surface area contributed by atoms with Gasteiger partial charge in [0.15, 0.2) is 0 Å². The van der Waals surface area contributed by atoms with Gasteiger partial charge in [-0.15, -0.1) is 0 Å². The average Bonchev–Trinajstić information content (AvgIpc) is 3.68. The van der Waals surface area contributed by atoms with Gasteiger partial charge in [0.05, 0.1) is 6.42 Å². The number of rotatable bonds is 9. The number of H-pyrrole nitrogens is 2. The highest BCUT2D eigenvalue weighted by Crippen LogP contribution is 2.21. The molecule has 0 bridgehead atoms. The predicted octanol–water partition coefficient (Wildman–Crippen LogP) is 2.05. The number of fused-ring (bicyclic) bond motifs is 2. The second-order valence-electron chi connectivity index (χ2n) is 13.8. The van der Waals surface area contributed by atoms with Crippen molar-refractivity contribution in [3.63, 3.8) is 0 Å². The number of carbonyl (C=O) groups is 6. The third kappa shape index (κ3) is 8.93. The smallest absolute Gasteiger partial charge is 0.305 e. The van der Waals surface area contributed by atoms with Crippen LogP contribution in [0.3, 0.4) is 0 Å². The monoisotopic (exact) mass is 699 g/mol. The van der Waals surface area contributed by atoms with Crippen LogP contribution in [-0.2, 0) is 41.6 Å². The maximum Gasteiger partial charge on any atom is 0.305 e. The van der Waals surface area contributed by atoms with Crippen LogP contribution in [0.2, 0.25) is 0 Å². The van der Waals surface area contributed by atoms with E-state index in [1.54, 1.807) is 26.2 Å². The number of aromatic amines is 2. The summed E-state index contributed by atoms with van der Waals surface area (Å²) in [6, 6.07) is 8.52. The van der Waals surface area contributed by atoms with Gasteiger partial charge in [0.2, 0.25) is 29.5 Å². The summed E-state index contributed by atoms with van der Waals surface area (Å²) in [4.78, 5) is 87.8. The number of benzene rings is 2. The van der Waals surface area contributed by atoms with E-state index in [9.17, 15) is 33.9 Å². The molecule has 0 spiro atoms. The molecule has 5 rings (SSSR count). The zero-order valence-electron chi connectivity index (χ0n) is 29.0. The number of amides is 5. The number of carboxylic acids is 1. The molecular formula is C37H45N7O7. The van der Waals surface area contributed by atoms with Crippen LogP contribution in [0.5, 0.6) is 0 Å². The molecule has 14 nitrogen and oxygen atoms in total. The molecular weight excluding hydrogens is 654 g/mol. The van der Waals surface area contributed by atoms with Crippen molar-refractivity contribution in [2.45, 2.75) is 83.6 Å². The highest BCUT2D eigenvalue weighted by Gasteiger charge is 2.36. The van der Waals surface area contributed by atoms with Gasteiger partial charge in [-0.1, -0.05) is 64.1 Å². The highest BCUT2D eigenvalue weighted by molar-refractivity contribution is 5.99. The number of hydrogen-bond acceptors (Lipinski definition) is 6. The van der Waals surface area contributed by atoms with Crippen molar-refractivity contribution >= 4 is 57.3 Å². The van der Waals surface area contributed by atoms with Gasteiger partial charge in [-0.3, -0.25) is 28.8 Å². The first-order valence-corrected chi connectivity index (χ1v) is 17.1. The van der Waals surface area contributed by atoms with Crippen LogP contribution in [0.1, 0.15) is 51.7 Å². The van der Waals surface area contributed by atoms with Gasteiger partial charge in [-0.05, 0) is 41.5 Å². The van der Waals surface area contributed by atoms with Crippen molar-refractivity contribution in [3.05, 3.63) is 72.1 Å². The summed E-state index contributed by atoms with van der Waals surface area (Å²) in [7, 11) is 0. The van der Waals surface area contributed by atoms with Crippen molar-refractivity contribution in [2.75, 3.05) is 0 Å². The van der Waals surface area contributed by atoms with Crippen molar-refractivity contribution in [2.24, 2.45) is 11.8 Å². The lowest BCUT2D eigenvalue weighted by atomic mass is 9.98. The van der Waals surface area contributed by atoms with Gasteiger partial charge in [-0.2, -0.15) is 0 Å². The second kappa shape index (κ2) is 15.9. The van der Waals surface area contributed by atoms with E-state index < -0.39 is 78.1 Å². The molecule has 0 radical (unpaired) electrons. The second-order valence-corrected chi connectivity index (χ2v) is 13.8. The zero-order valence-corrected chi connectivity index (χ0v) is 29.0. The summed E-state index contributed by atoms with van der Waals surface area (Å²) < 4.78 is 0. The zero-order chi connectivity index (χ0) is 36.8. The SMILES string of the molecule is CC(C)C[C@@H]1NC(=O)[C@@H](C(C)C)NC(=O)[C@H](Cc2c[nH]c3ccccc23)NC(=O)[C@@H](CC(=O)O)NC(=O)[C@@H](Cc2c[nH]c3ccccc23)NC1=O. The molecule has 5 atom stereocenters. The van der Waals surface area contributed by atoms with E-state index in [0.29, 0.717) is 11.1 Å². The van der Waals surface area contributed by atoms with E-state index in [2.05, 4.69) is 36.6 Å². The Balaban J connectivity index is 1.55. The Morgan fingerprint density at radius 2 is 1.04 bits per heavy atom. The Morgan fingerprint density at radius 1 is 0.608 bits per heavy atom. The first kappa shape index (κ1) is 36.6. The van der Waals surface area contributed by atoms with Crippen LogP contribution in [0, 0.1) is 11.8 Å². The Hall–Kier alpha value is -5.66. The van der Waals surface area contributed by atoms with Crippen molar-refractivity contribution in [1.29, 1.82) is 0 Å².